The predicted octanol–water partition coefficient (Wildman–Crippen LogP) is 2.25. The topological polar surface area (TPSA) is 87.7 Å². The molecule has 1 unspecified atom stereocenters. The Labute approximate surface area is 166 Å². The van der Waals surface area contributed by atoms with Crippen molar-refractivity contribution in [3.05, 3.63) is 40.8 Å². The molecule has 0 saturated carbocycles. The molecule has 2 aromatic heterocycles. The number of pyridine rings is 1. The number of nitrogens with zero attached hydrogens (tertiary/aromatic N) is 5. The Morgan fingerprint density at radius 3 is 2.93 bits per heavy atom. The zero-order valence-corrected chi connectivity index (χ0v) is 16.3. The lowest BCUT2D eigenvalue weighted by atomic mass is 10.1. The summed E-state index contributed by atoms with van der Waals surface area (Å²) in [5.74, 6) is 0.654. The molecule has 1 atom stereocenters. The van der Waals surface area contributed by atoms with E-state index in [0.717, 1.165) is 22.1 Å². The molecule has 0 spiro atoms. The number of halogens is 1. The van der Waals surface area contributed by atoms with Gasteiger partial charge in [0.2, 0.25) is 0 Å². The summed E-state index contributed by atoms with van der Waals surface area (Å²) >= 11 is 1.36. The number of fused-ring (bicyclic) bond motifs is 1. The number of amides is 1. The number of alkyl halides is 1. The smallest absolute Gasteiger partial charge is 0.270 e. The second kappa shape index (κ2) is 7.67. The van der Waals surface area contributed by atoms with Crippen molar-refractivity contribution >= 4 is 29.3 Å². The Hall–Kier alpha value is -2.81. The maximum absolute atomic E-state index is 13.4. The lowest BCUT2D eigenvalue weighted by Crippen LogP contribution is -2.37. The van der Waals surface area contributed by atoms with Crippen molar-refractivity contribution in [2.45, 2.75) is 19.0 Å². The van der Waals surface area contributed by atoms with Gasteiger partial charge in [0.05, 0.1) is 17.9 Å². The summed E-state index contributed by atoms with van der Waals surface area (Å²) in [5.41, 5.74) is 7.88. The van der Waals surface area contributed by atoms with Gasteiger partial charge in [0.15, 0.2) is 0 Å². The van der Waals surface area contributed by atoms with Crippen LogP contribution in [-0.4, -0.2) is 59.8 Å². The molecule has 28 heavy (non-hydrogen) atoms. The van der Waals surface area contributed by atoms with E-state index in [1.54, 1.807) is 24.4 Å². The van der Waals surface area contributed by atoms with Gasteiger partial charge >= 0.3 is 0 Å². The fourth-order valence-corrected chi connectivity index (χ4v) is 4.51. The number of thiazole rings is 1. The van der Waals surface area contributed by atoms with Crippen molar-refractivity contribution in [1.29, 1.82) is 0 Å². The molecule has 9 heteroatoms. The maximum Gasteiger partial charge on any atom is 0.270 e. The van der Waals surface area contributed by atoms with E-state index in [1.807, 2.05) is 17.0 Å². The van der Waals surface area contributed by atoms with Crippen LogP contribution in [0.5, 0.6) is 0 Å². The number of hydrogen-bond donors (Lipinski definition) is 1. The van der Waals surface area contributed by atoms with Gasteiger partial charge < -0.3 is 15.5 Å². The van der Waals surface area contributed by atoms with E-state index in [-0.39, 0.29) is 5.91 Å². The molecule has 4 rings (SSSR count). The summed E-state index contributed by atoms with van der Waals surface area (Å²) in [5, 5.41) is 0.756. The highest BCUT2D eigenvalue weighted by atomic mass is 32.1. The van der Waals surface area contributed by atoms with Crippen LogP contribution in [0.4, 0.5) is 10.2 Å². The van der Waals surface area contributed by atoms with Crippen LogP contribution in [0.15, 0.2) is 35.2 Å². The van der Waals surface area contributed by atoms with Crippen molar-refractivity contribution in [2.75, 3.05) is 31.6 Å². The average Bonchev–Trinajstić information content (AvgIpc) is 3.34. The number of hydrogen-bond acceptors (Lipinski definition) is 7. The Morgan fingerprint density at radius 2 is 2.29 bits per heavy atom. The van der Waals surface area contributed by atoms with Gasteiger partial charge in [0.1, 0.15) is 21.9 Å². The quantitative estimate of drug-likeness (QED) is 0.796. The molecule has 1 amide bonds. The Kier molecular flexibility index (Phi) is 5.08. The Morgan fingerprint density at radius 1 is 1.43 bits per heavy atom. The first kappa shape index (κ1) is 18.5. The molecular weight excluding hydrogens is 379 g/mol. The van der Waals surface area contributed by atoms with Gasteiger partial charge in [-0.15, -0.1) is 11.3 Å². The Bertz CT molecular complexity index is 938. The molecule has 2 aromatic rings. The number of aromatic nitrogens is 2. The van der Waals surface area contributed by atoms with Gasteiger partial charge in [-0.1, -0.05) is 0 Å². The van der Waals surface area contributed by atoms with E-state index in [2.05, 4.69) is 15.0 Å². The molecular formula is C19H21FN6OS. The van der Waals surface area contributed by atoms with Crippen LogP contribution < -0.4 is 10.6 Å². The number of allylic oxidation sites excluding steroid dienone is 1. The minimum absolute atomic E-state index is 0.114. The van der Waals surface area contributed by atoms with Gasteiger partial charge in [0.25, 0.3) is 5.91 Å². The van der Waals surface area contributed by atoms with Crippen molar-refractivity contribution in [1.82, 2.24) is 14.9 Å². The number of rotatable bonds is 4. The maximum atomic E-state index is 13.4. The van der Waals surface area contributed by atoms with Gasteiger partial charge in [-0.25, -0.2) is 14.4 Å². The molecule has 0 aromatic carbocycles. The molecule has 0 bridgehead atoms. The van der Waals surface area contributed by atoms with Crippen LogP contribution in [0.25, 0.3) is 10.6 Å². The summed E-state index contributed by atoms with van der Waals surface area (Å²) in [6, 6.07) is 3.81. The zero-order chi connectivity index (χ0) is 19.7. The molecule has 0 aliphatic carbocycles. The number of carbonyl (C=O) groups is 1. The first-order valence-corrected chi connectivity index (χ1v) is 9.93. The third-order valence-electron chi connectivity index (χ3n) is 4.90. The summed E-state index contributed by atoms with van der Waals surface area (Å²) in [6.45, 7) is 1.59. The highest BCUT2D eigenvalue weighted by Crippen LogP contribution is 2.33. The van der Waals surface area contributed by atoms with Crippen LogP contribution in [-0.2, 0) is 6.42 Å². The van der Waals surface area contributed by atoms with E-state index < -0.39 is 6.17 Å². The minimum atomic E-state index is -0.786. The van der Waals surface area contributed by atoms with Crippen LogP contribution in [0.1, 0.15) is 21.8 Å². The van der Waals surface area contributed by atoms with Crippen molar-refractivity contribution in [3.63, 3.8) is 0 Å². The van der Waals surface area contributed by atoms with Crippen molar-refractivity contribution in [3.8, 4) is 10.6 Å². The van der Waals surface area contributed by atoms with Gasteiger partial charge in [-0.05, 0) is 18.6 Å². The lowest BCUT2D eigenvalue weighted by molar-refractivity contribution is 0.0805. The third-order valence-corrected chi connectivity index (χ3v) is 6.04. The molecule has 1 saturated heterocycles. The van der Waals surface area contributed by atoms with Gasteiger partial charge in [-0.2, -0.15) is 0 Å². The molecule has 0 radical (unpaired) electrons. The van der Waals surface area contributed by atoms with Crippen molar-refractivity contribution < 1.29 is 9.18 Å². The number of nitrogens with two attached hydrogens (primary N) is 1. The van der Waals surface area contributed by atoms with Crippen LogP contribution in [0.3, 0.4) is 0 Å². The highest BCUT2D eigenvalue weighted by molar-refractivity contribution is 7.17. The van der Waals surface area contributed by atoms with Crippen LogP contribution in [0, 0.1) is 0 Å². The Balaban J connectivity index is 1.57. The molecule has 146 valence electrons. The van der Waals surface area contributed by atoms with E-state index in [0.29, 0.717) is 43.1 Å². The second-order valence-electron chi connectivity index (χ2n) is 6.72. The average molecular weight is 400 g/mol. The predicted molar refractivity (Wildman–Crippen MR) is 108 cm³/mol. The standard InChI is InChI=1S/C19H21FN6OS/c1-22-10-14(8-21)26-7-5-15-17(19(26)27)28-18(24-15)12-2-3-16(23-9-12)25-6-4-13(20)11-25/h2-3,8-10,13H,4-7,11,21H2,1H3. The summed E-state index contributed by atoms with van der Waals surface area (Å²) in [4.78, 5) is 30.1. The first-order valence-electron chi connectivity index (χ1n) is 9.11. The third kappa shape index (κ3) is 3.37. The molecule has 2 N–H and O–H groups in total. The minimum Gasteiger partial charge on any atom is -0.403 e. The number of carbonyl (C=O) groups excluding carboxylic acids is 1. The van der Waals surface area contributed by atoms with Gasteiger partial charge in [-0.3, -0.25) is 9.79 Å². The molecule has 2 aliphatic rings. The number of aliphatic imine (C=N–C) groups is 1. The molecule has 4 heterocycles. The summed E-state index contributed by atoms with van der Waals surface area (Å²) < 4.78 is 13.4. The molecule has 2 aliphatic heterocycles. The normalized spacial score (nSPS) is 20.3. The van der Waals surface area contributed by atoms with Gasteiger partial charge in [0, 0.05) is 50.7 Å². The van der Waals surface area contributed by atoms with E-state index >= 15 is 0 Å². The lowest BCUT2D eigenvalue weighted by Gasteiger charge is -2.26. The second-order valence-corrected chi connectivity index (χ2v) is 7.72. The van der Waals surface area contributed by atoms with Crippen molar-refractivity contribution in [2.24, 2.45) is 10.7 Å². The fraction of sp³-hybridized carbons (Fsp3) is 0.368. The number of anilines is 1. The molecule has 1 fully saturated rings. The van der Waals surface area contributed by atoms with E-state index in [9.17, 15) is 9.18 Å². The first-order chi connectivity index (χ1) is 13.6. The molecule has 7 nitrogen and oxygen atoms in total. The zero-order valence-electron chi connectivity index (χ0n) is 15.5. The summed E-state index contributed by atoms with van der Waals surface area (Å²) in [6.07, 6.45) is 5.12. The summed E-state index contributed by atoms with van der Waals surface area (Å²) in [7, 11) is 1.64. The monoisotopic (exact) mass is 400 g/mol. The fourth-order valence-electron chi connectivity index (χ4n) is 3.46. The largest absolute Gasteiger partial charge is 0.403 e. The highest BCUT2D eigenvalue weighted by Gasteiger charge is 2.30. The van der Waals surface area contributed by atoms with E-state index in [1.165, 1.54) is 17.5 Å². The van der Waals surface area contributed by atoms with Crippen LogP contribution in [0.2, 0.25) is 0 Å². The van der Waals surface area contributed by atoms with Crippen LogP contribution >= 0.6 is 11.3 Å². The van der Waals surface area contributed by atoms with E-state index in [4.69, 9.17) is 5.73 Å². The SMILES string of the molecule is CN=CC(=CN)N1CCc2nc(-c3ccc(N4CCC(F)C4)nc3)sc2C1=O.